The highest BCUT2D eigenvalue weighted by Crippen LogP contribution is 2.16. The van der Waals surface area contributed by atoms with Crippen LogP contribution in [0.15, 0.2) is 85.7 Å². The normalized spacial score (nSPS) is 15.6. The number of rotatable bonds is 8. The van der Waals surface area contributed by atoms with Gasteiger partial charge in [0.05, 0.1) is 24.1 Å². The van der Waals surface area contributed by atoms with E-state index in [1.807, 2.05) is 54.6 Å². The second-order valence-electron chi connectivity index (χ2n) is 6.23. The molecule has 0 radical (unpaired) electrons. The van der Waals surface area contributed by atoms with Crippen molar-refractivity contribution in [3.63, 3.8) is 0 Å². The Hall–Kier alpha value is -3.37. The molecule has 3 rings (SSSR count). The molecule has 4 nitrogen and oxygen atoms in total. The van der Waals surface area contributed by atoms with Crippen molar-refractivity contribution in [1.29, 1.82) is 0 Å². The van der Waals surface area contributed by atoms with Gasteiger partial charge in [-0.2, -0.15) is 0 Å². The van der Waals surface area contributed by atoms with E-state index >= 15 is 0 Å². The second kappa shape index (κ2) is 9.53. The average Bonchev–Trinajstić information content (AvgIpc) is 2.97. The van der Waals surface area contributed by atoms with E-state index in [-0.39, 0.29) is 11.9 Å². The molecule has 1 atom stereocenters. The number of hydrogen-bond donors (Lipinski definition) is 1. The van der Waals surface area contributed by atoms with E-state index in [2.05, 4.69) is 18.1 Å². The Labute approximate surface area is 165 Å². The maximum absolute atomic E-state index is 9.33. The number of aromatic hydroxyl groups is 1. The van der Waals surface area contributed by atoms with Gasteiger partial charge in [0.15, 0.2) is 0 Å². The largest absolute Gasteiger partial charge is 0.508 e. The van der Waals surface area contributed by atoms with Crippen LogP contribution in [-0.2, 0) is 22.7 Å². The first-order valence-corrected chi connectivity index (χ1v) is 9.02. The molecule has 0 spiro atoms. The van der Waals surface area contributed by atoms with Gasteiger partial charge in [-0.25, -0.2) is 4.98 Å². The van der Waals surface area contributed by atoms with Crippen LogP contribution >= 0.6 is 0 Å². The fourth-order valence-corrected chi connectivity index (χ4v) is 2.66. The lowest BCUT2D eigenvalue weighted by Gasteiger charge is -2.10. The molecule has 2 aromatic rings. The number of allylic oxidation sites excluding steroid dienone is 3. The van der Waals surface area contributed by atoms with E-state index in [4.69, 9.17) is 9.47 Å². The number of pyridine rings is 1. The lowest BCUT2D eigenvalue weighted by atomic mass is 10.1. The van der Waals surface area contributed by atoms with Crippen LogP contribution < -0.4 is 0 Å². The van der Waals surface area contributed by atoms with Crippen molar-refractivity contribution in [2.45, 2.75) is 19.3 Å². The van der Waals surface area contributed by atoms with Crippen LogP contribution in [0.2, 0.25) is 0 Å². The molecule has 142 valence electrons. The van der Waals surface area contributed by atoms with E-state index in [0.29, 0.717) is 13.2 Å². The molecule has 0 saturated carbocycles. The minimum absolute atomic E-state index is 0.150. The van der Waals surface area contributed by atoms with E-state index < -0.39 is 0 Å². The first kappa shape index (κ1) is 19.4. The van der Waals surface area contributed by atoms with Crippen molar-refractivity contribution in [3.8, 4) is 5.75 Å². The Kier molecular flexibility index (Phi) is 6.60. The van der Waals surface area contributed by atoms with Gasteiger partial charge >= 0.3 is 0 Å². The molecule has 1 aliphatic rings. The summed E-state index contributed by atoms with van der Waals surface area (Å²) in [4.78, 5) is 4.53. The Bertz CT molecular complexity index is 923. The van der Waals surface area contributed by atoms with Gasteiger partial charge in [0, 0.05) is 0 Å². The maximum atomic E-state index is 9.33. The van der Waals surface area contributed by atoms with Crippen LogP contribution in [0, 0.1) is 0 Å². The van der Waals surface area contributed by atoms with Crippen LogP contribution in [0.3, 0.4) is 0 Å². The monoisotopic (exact) mass is 373 g/mol. The molecular formula is C24H23NO3. The van der Waals surface area contributed by atoms with Gasteiger partial charge in [-0.3, -0.25) is 0 Å². The Morgan fingerprint density at radius 3 is 2.57 bits per heavy atom. The summed E-state index contributed by atoms with van der Waals surface area (Å²) < 4.78 is 11.7. The van der Waals surface area contributed by atoms with Crippen LogP contribution in [0.4, 0.5) is 0 Å². The van der Waals surface area contributed by atoms with Gasteiger partial charge in [-0.1, -0.05) is 49.6 Å². The van der Waals surface area contributed by atoms with Gasteiger partial charge in [-0.15, -0.1) is 0 Å². The molecule has 0 amide bonds. The standard InChI is InChI=1S/C24H23NO3/c1-3-19-10-11-20(25-24(19)4-2)17-28-23-7-5-6-22(14-15-23)27-16-18-8-12-21(26)13-9-18/h3-15,22,26H,1-2,16-17H2. The molecular weight excluding hydrogens is 350 g/mol. The lowest BCUT2D eigenvalue weighted by Crippen LogP contribution is -2.06. The minimum Gasteiger partial charge on any atom is -0.508 e. The summed E-state index contributed by atoms with van der Waals surface area (Å²) in [5.74, 6) is 0.986. The zero-order valence-corrected chi connectivity index (χ0v) is 15.6. The fourth-order valence-electron chi connectivity index (χ4n) is 2.66. The van der Waals surface area contributed by atoms with Gasteiger partial charge in [0.1, 0.15) is 18.1 Å². The third-order valence-corrected chi connectivity index (χ3v) is 4.21. The van der Waals surface area contributed by atoms with E-state index in [1.165, 1.54) is 0 Å². The minimum atomic E-state index is -0.150. The molecule has 1 unspecified atom stereocenters. The molecule has 0 fully saturated rings. The van der Waals surface area contributed by atoms with Crippen molar-refractivity contribution >= 4 is 12.2 Å². The highest BCUT2D eigenvalue weighted by Gasteiger charge is 2.06. The summed E-state index contributed by atoms with van der Waals surface area (Å²) >= 11 is 0. The van der Waals surface area contributed by atoms with E-state index in [0.717, 1.165) is 28.3 Å². The van der Waals surface area contributed by atoms with Crippen LogP contribution in [0.25, 0.3) is 12.2 Å². The molecule has 0 aliphatic heterocycles. The third-order valence-electron chi connectivity index (χ3n) is 4.21. The maximum Gasteiger partial charge on any atom is 0.130 e. The third kappa shape index (κ3) is 5.32. The van der Waals surface area contributed by atoms with Gasteiger partial charge < -0.3 is 14.6 Å². The zero-order valence-electron chi connectivity index (χ0n) is 15.6. The summed E-state index contributed by atoms with van der Waals surface area (Å²) in [6.45, 7) is 8.38. The fraction of sp³-hybridized carbons (Fsp3) is 0.125. The summed E-state index contributed by atoms with van der Waals surface area (Å²) in [6.07, 6.45) is 12.9. The highest BCUT2D eigenvalue weighted by atomic mass is 16.5. The Morgan fingerprint density at radius 2 is 1.82 bits per heavy atom. The number of ether oxygens (including phenoxy) is 2. The lowest BCUT2D eigenvalue weighted by molar-refractivity contribution is 0.101. The highest BCUT2D eigenvalue weighted by molar-refractivity contribution is 5.60. The smallest absolute Gasteiger partial charge is 0.130 e. The predicted molar refractivity (Wildman–Crippen MR) is 112 cm³/mol. The van der Waals surface area contributed by atoms with Gasteiger partial charge in [-0.05, 0) is 53.6 Å². The molecule has 4 heteroatoms. The predicted octanol–water partition coefficient (Wildman–Crippen LogP) is 5.19. The van der Waals surface area contributed by atoms with Crippen molar-refractivity contribution < 1.29 is 14.6 Å². The van der Waals surface area contributed by atoms with E-state index in [1.54, 1.807) is 24.3 Å². The molecule has 0 saturated heterocycles. The molecule has 1 aliphatic carbocycles. The zero-order chi connectivity index (χ0) is 19.8. The second-order valence-corrected chi connectivity index (χ2v) is 6.23. The van der Waals surface area contributed by atoms with Crippen LogP contribution in [0.1, 0.15) is 22.5 Å². The number of phenols is 1. The molecule has 1 N–H and O–H groups in total. The quantitative estimate of drug-likeness (QED) is 0.692. The van der Waals surface area contributed by atoms with E-state index in [9.17, 15) is 5.11 Å². The molecule has 28 heavy (non-hydrogen) atoms. The Morgan fingerprint density at radius 1 is 1.00 bits per heavy atom. The number of hydrogen-bond acceptors (Lipinski definition) is 4. The molecule has 1 heterocycles. The van der Waals surface area contributed by atoms with Crippen molar-refractivity contribution in [1.82, 2.24) is 4.98 Å². The summed E-state index contributed by atoms with van der Waals surface area (Å²) in [7, 11) is 0. The molecule has 0 bridgehead atoms. The number of phenolic OH excluding ortho intramolecular Hbond substituents is 1. The SMILES string of the molecule is C=Cc1ccc(COC2=CC=CC(OCc3ccc(O)cc3)C=C2)nc1C=C. The molecule has 1 aromatic heterocycles. The van der Waals surface area contributed by atoms with Crippen molar-refractivity contribution in [2.24, 2.45) is 0 Å². The average molecular weight is 373 g/mol. The first-order chi connectivity index (χ1) is 13.7. The van der Waals surface area contributed by atoms with Crippen LogP contribution in [-0.4, -0.2) is 16.2 Å². The van der Waals surface area contributed by atoms with Crippen molar-refractivity contribution in [3.05, 3.63) is 108 Å². The molecule has 1 aromatic carbocycles. The summed E-state index contributed by atoms with van der Waals surface area (Å²) in [5, 5.41) is 9.33. The summed E-state index contributed by atoms with van der Waals surface area (Å²) in [6, 6.07) is 10.9. The van der Waals surface area contributed by atoms with Crippen molar-refractivity contribution in [2.75, 3.05) is 0 Å². The van der Waals surface area contributed by atoms with Gasteiger partial charge in [0.25, 0.3) is 0 Å². The number of nitrogens with zero attached hydrogens (tertiary/aromatic N) is 1. The topological polar surface area (TPSA) is 51.6 Å². The van der Waals surface area contributed by atoms with Crippen LogP contribution in [0.5, 0.6) is 5.75 Å². The first-order valence-electron chi connectivity index (χ1n) is 9.02. The number of aromatic nitrogens is 1. The summed E-state index contributed by atoms with van der Waals surface area (Å²) in [5.41, 5.74) is 3.57. The number of benzene rings is 1. The van der Waals surface area contributed by atoms with Gasteiger partial charge in [0.2, 0.25) is 0 Å². The Balaban J connectivity index is 1.54.